The molecule has 2 aromatic rings. The average molecular weight is 357 g/mol. The lowest BCUT2D eigenvalue weighted by molar-refractivity contribution is -0.118. The highest BCUT2D eigenvalue weighted by Gasteiger charge is 2.19. The number of carbonyl (C=O) groups is 1. The van der Waals surface area contributed by atoms with E-state index in [4.69, 9.17) is 11.5 Å². The molecule has 138 valence electrons. The summed E-state index contributed by atoms with van der Waals surface area (Å²) in [7, 11) is 0. The summed E-state index contributed by atoms with van der Waals surface area (Å²) in [6, 6.07) is 9.76. The monoisotopic (exact) mass is 357 g/mol. The van der Waals surface area contributed by atoms with Crippen molar-refractivity contribution in [2.75, 3.05) is 49.1 Å². The molecule has 6 nitrogen and oxygen atoms in total. The standard InChI is InChI=1S/C19H24FN5O/c20-15-3-1-14(2-4-15)13-16(26)7-8-24-9-11-25(12-10-24)18-6-5-17(21)19(22)23-18/h1-6H,7-13,21H2,(H2,22,23). The van der Waals surface area contributed by atoms with E-state index < -0.39 is 0 Å². The Morgan fingerprint density at radius 2 is 1.73 bits per heavy atom. The van der Waals surface area contributed by atoms with Crippen molar-refractivity contribution in [3.63, 3.8) is 0 Å². The number of anilines is 3. The first kappa shape index (κ1) is 18.1. The Hall–Kier alpha value is -2.67. The van der Waals surface area contributed by atoms with Gasteiger partial charge in [-0.15, -0.1) is 0 Å². The van der Waals surface area contributed by atoms with Crippen molar-refractivity contribution in [3.05, 3.63) is 47.8 Å². The van der Waals surface area contributed by atoms with Gasteiger partial charge in [-0.1, -0.05) is 12.1 Å². The summed E-state index contributed by atoms with van der Waals surface area (Å²) in [5.74, 6) is 1.09. The summed E-state index contributed by atoms with van der Waals surface area (Å²) < 4.78 is 12.9. The SMILES string of the molecule is Nc1ccc(N2CCN(CCC(=O)Cc3ccc(F)cc3)CC2)nc1N. The molecule has 7 heteroatoms. The minimum absolute atomic E-state index is 0.173. The van der Waals surface area contributed by atoms with Gasteiger partial charge in [-0.3, -0.25) is 9.69 Å². The van der Waals surface area contributed by atoms with E-state index in [0.717, 1.165) is 44.1 Å². The summed E-state index contributed by atoms with van der Waals surface area (Å²) >= 11 is 0. The third kappa shape index (κ3) is 4.70. The lowest BCUT2D eigenvalue weighted by Gasteiger charge is -2.35. The number of nitrogens with two attached hydrogens (primary N) is 2. The predicted octanol–water partition coefficient (Wildman–Crippen LogP) is 1.71. The van der Waals surface area contributed by atoms with E-state index in [2.05, 4.69) is 14.8 Å². The molecule has 0 saturated carbocycles. The molecule has 1 aromatic heterocycles. The highest BCUT2D eigenvalue weighted by molar-refractivity contribution is 5.81. The Morgan fingerprint density at radius 3 is 2.38 bits per heavy atom. The second kappa shape index (κ2) is 8.14. The molecule has 0 amide bonds. The van der Waals surface area contributed by atoms with E-state index >= 15 is 0 Å². The molecule has 1 aliphatic rings. The maximum absolute atomic E-state index is 12.9. The zero-order valence-corrected chi connectivity index (χ0v) is 14.7. The molecule has 4 N–H and O–H groups in total. The third-order valence-corrected chi connectivity index (χ3v) is 4.66. The highest BCUT2D eigenvalue weighted by Crippen LogP contribution is 2.19. The quantitative estimate of drug-likeness (QED) is 0.818. The van der Waals surface area contributed by atoms with Crippen LogP contribution in [-0.2, 0) is 11.2 Å². The second-order valence-corrected chi connectivity index (χ2v) is 6.56. The molecular formula is C19H24FN5O. The molecule has 0 bridgehead atoms. The number of nitrogens with zero attached hydrogens (tertiary/aromatic N) is 3. The summed E-state index contributed by atoms with van der Waals surface area (Å²) in [5.41, 5.74) is 12.8. The summed E-state index contributed by atoms with van der Waals surface area (Å²) in [6.07, 6.45) is 0.860. The Bertz CT molecular complexity index is 757. The molecule has 1 saturated heterocycles. The highest BCUT2D eigenvalue weighted by atomic mass is 19.1. The molecule has 2 heterocycles. The van der Waals surface area contributed by atoms with Crippen LogP contribution in [0.1, 0.15) is 12.0 Å². The number of Topliss-reactive ketones (excluding diaryl/α,β-unsaturated/α-hetero) is 1. The van der Waals surface area contributed by atoms with Gasteiger partial charge in [-0.05, 0) is 29.8 Å². The van der Waals surface area contributed by atoms with Gasteiger partial charge in [-0.2, -0.15) is 0 Å². The van der Waals surface area contributed by atoms with Crippen molar-refractivity contribution in [3.8, 4) is 0 Å². The van der Waals surface area contributed by atoms with Crippen molar-refractivity contribution in [1.82, 2.24) is 9.88 Å². The number of aromatic nitrogens is 1. The van der Waals surface area contributed by atoms with Gasteiger partial charge in [0.25, 0.3) is 0 Å². The van der Waals surface area contributed by atoms with Crippen molar-refractivity contribution in [2.45, 2.75) is 12.8 Å². The van der Waals surface area contributed by atoms with Gasteiger partial charge < -0.3 is 16.4 Å². The van der Waals surface area contributed by atoms with Crippen molar-refractivity contribution in [1.29, 1.82) is 0 Å². The van der Waals surface area contributed by atoms with E-state index in [0.29, 0.717) is 24.3 Å². The van der Waals surface area contributed by atoms with Crippen molar-refractivity contribution in [2.24, 2.45) is 0 Å². The fourth-order valence-electron chi connectivity index (χ4n) is 3.05. The largest absolute Gasteiger partial charge is 0.396 e. The molecule has 0 atom stereocenters. The zero-order chi connectivity index (χ0) is 18.5. The molecular weight excluding hydrogens is 333 g/mol. The van der Waals surface area contributed by atoms with Crippen LogP contribution in [0.5, 0.6) is 0 Å². The van der Waals surface area contributed by atoms with Crippen LogP contribution < -0.4 is 16.4 Å². The minimum atomic E-state index is -0.281. The number of hydrogen-bond acceptors (Lipinski definition) is 6. The van der Waals surface area contributed by atoms with Gasteiger partial charge in [-0.25, -0.2) is 9.37 Å². The van der Waals surface area contributed by atoms with E-state index in [9.17, 15) is 9.18 Å². The van der Waals surface area contributed by atoms with E-state index in [1.165, 1.54) is 12.1 Å². The first-order valence-corrected chi connectivity index (χ1v) is 8.77. The first-order chi connectivity index (χ1) is 12.5. The molecule has 1 fully saturated rings. The van der Waals surface area contributed by atoms with Crippen LogP contribution in [0.25, 0.3) is 0 Å². The van der Waals surface area contributed by atoms with Gasteiger partial charge in [0.1, 0.15) is 23.2 Å². The zero-order valence-electron chi connectivity index (χ0n) is 14.7. The topological polar surface area (TPSA) is 88.5 Å². The Labute approximate surface area is 152 Å². The van der Waals surface area contributed by atoms with Crippen LogP contribution in [0.4, 0.5) is 21.7 Å². The van der Waals surface area contributed by atoms with Crippen LogP contribution in [0, 0.1) is 5.82 Å². The van der Waals surface area contributed by atoms with Gasteiger partial charge in [0.2, 0.25) is 0 Å². The summed E-state index contributed by atoms with van der Waals surface area (Å²) in [6.45, 7) is 4.15. The molecule has 0 aliphatic carbocycles. The molecule has 0 unspecified atom stereocenters. The van der Waals surface area contributed by atoms with Crippen molar-refractivity contribution >= 4 is 23.1 Å². The van der Waals surface area contributed by atoms with Gasteiger partial charge >= 0.3 is 0 Å². The number of halogens is 1. The molecule has 3 rings (SSSR count). The Kier molecular flexibility index (Phi) is 5.68. The second-order valence-electron chi connectivity index (χ2n) is 6.56. The molecule has 0 radical (unpaired) electrons. The number of carbonyl (C=O) groups excluding carboxylic acids is 1. The van der Waals surface area contributed by atoms with Crippen molar-refractivity contribution < 1.29 is 9.18 Å². The van der Waals surface area contributed by atoms with Gasteiger partial charge in [0, 0.05) is 45.6 Å². The smallest absolute Gasteiger partial charge is 0.149 e. The van der Waals surface area contributed by atoms with E-state index in [1.807, 2.05) is 6.07 Å². The summed E-state index contributed by atoms with van der Waals surface area (Å²) in [4.78, 5) is 20.9. The number of benzene rings is 1. The maximum Gasteiger partial charge on any atom is 0.149 e. The van der Waals surface area contributed by atoms with E-state index in [-0.39, 0.29) is 11.6 Å². The fourth-order valence-corrected chi connectivity index (χ4v) is 3.05. The van der Waals surface area contributed by atoms with Crippen LogP contribution in [0.3, 0.4) is 0 Å². The lowest BCUT2D eigenvalue weighted by atomic mass is 10.1. The van der Waals surface area contributed by atoms with Crippen LogP contribution in [-0.4, -0.2) is 48.4 Å². The lowest BCUT2D eigenvalue weighted by Crippen LogP contribution is -2.47. The Morgan fingerprint density at radius 1 is 1.04 bits per heavy atom. The third-order valence-electron chi connectivity index (χ3n) is 4.66. The number of ketones is 1. The van der Waals surface area contributed by atoms with Crippen LogP contribution in [0.15, 0.2) is 36.4 Å². The number of pyridine rings is 1. The number of rotatable bonds is 6. The Balaban J connectivity index is 1.43. The average Bonchev–Trinajstić information content (AvgIpc) is 2.65. The van der Waals surface area contributed by atoms with Crippen LogP contribution >= 0.6 is 0 Å². The fraction of sp³-hybridized carbons (Fsp3) is 0.368. The molecule has 0 spiro atoms. The maximum atomic E-state index is 12.9. The predicted molar refractivity (Wildman–Crippen MR) is 101 cm³/mol. The normalized spacial score (nSPS) is 15.2. The van der Waals surface area contributed by atoms with Gasteiger partial charge in [0.05, 0.1) is 5.69 Å². The molecule has 1 aliphatic heterocycles. The van der Waals surface area contributed by atoms with E-state index in [1.54, 1.807) is 18.2 Å². The van der Waals surface area contributed by atoms with Crippen LogP contribution in [0.2, 0.25) is 0 Å². The summed E-state index contributed by atoms with van der Waals surface area (Å²) in [5, 5.41) is 0. The molecule has 26 heavy (non-hydrogen) atoms. The number of nitrogen functional groups attached to an aromatic ring is 2. The molecule has 1 aromatic carbocycles. The first-order valence-electron chi connectivity index (χ1n) is 8.77. The number of piperazine rings is 1. The number of hydrogen-bond donors (Lipinski definition) is 2. The minimum Gasteiger partial charge on any atom is -0.396 e. The van der Waals surface area contributed by atoms with Gasteiger partial charge in [0.15, 0.2) is 0 Å².